The van der Waals surface area contributed by atoms with E-state index < -0.39 is 5.60 Å². The zero-order chi connectivity index (χ0) is 20.7. The first kappa shape index (κ1) is 20.8. The Morgan fingerprint density at radius 1 is 0.862 bits per heavy atom. The van der Waals surface area contributed by atoms with Crippen LogP contribution in [-0.4, -0.2) is 22.2 Å². The Balaban J connectivity index is 1.90. The zero-order valence-electron chi connectivity index (χ0n) is 17.4. The Bertz CT molecular complexity index is 912. The van der Waals surface area contributed by atoms with Crippen LogP contribution >= 0.6 is 0 Å². The minimum Gasteiger partial charge on any atom is -0.369 e. The van der Waals surface area contributed by atoms with Crippen LogP contribution in [0.3, 0.4) is 0 Å². The fraction of sp³-hybridized carbons (Fsp3) is 0.269. The highest BCUT2D eigenvalue weighted by Crippen LogP contribution is 2.28. The van der Waals surface area contributed by atoms with Crippen molar-refractivity contribution in [3.8, 4) is 11.8 Å². The zero-order valence-corrected chi connectivity index (χ0v) is 17.4. The highest BCUT2D eigenvalue weighted by molar-refractivity contribution is 5.43. The van der Waals surface area contributed by atoms with Crippen molar-refractivity contribution in [1.29, 1.82) is 0 Å². The third kappa shape index (κ3) is 5.32. The molecule has 1 unspecified atom stereocenters. The smallest absolute Gasteiger partial charge is 0.178 e. The van der Waals surface area contributed by atoms with Gasteiger partial charge in [0, 0.05) is 29.1 Å². The highest BCUT2D eigenvalue weighted by atomic mass is 16.3. The summed E-state index contributed by atoms with van der Waals surface area (Å²) in [5, 5.41) is 11.5. The molecule has 3 nitrogen and oxygen atoms in total. The van der Waals surface area contributed by atoms with Gasteiger partial charge in [-0.2, -0.15) is 0 Å². The lowest BCUT2D eigenvalue weighted by molar-refractivity contribution is -0.953. The molecular weight excluding hydrogens is 356 g/mol. The van der Waals surface area contributed by atoms with Crippen molar-refractivity contribution in [3.63, 3.8) is 0 Å². The molecule has 0 aliphatic heterocycles. The number of hydrogen-bond acceptors (Lipinski definition) is 2. The van der Waals surface area contributed by atoms with Crippen LogP contribution in [0.4, 0.5) is 0 Å². The predicted octanol–water partition coefficient (Wildman–Crippen LogP) is 3.20. The van der Waals surface area contributed by atoms with Crippen molar-refractivity contribution < 1.29 is 10.0 Å². The lowest BCUT2D eigenvalue weighted by Crippen LogP contribution is -3.17. The van der Waals surface area contributed by atoms with Gasteiger partial charge in [0.25, 0.3) is 0 Å². The number of benzene rings is 2. The van der Waals surface area contributed by atoms with Crippen LogP contribution in [-0.2, 0) is 12.1 Å². The number of nitrogens with one attached hydrogen (secondary N) is 1. The molecule has 3 heteroatoms. The number of aliphatic hydroxyl groups is 1. The Morgan fingerprint density at radius 2 is 1.48 bits per heavy atom. The van der Waals surface area contributed by atoms with Crippen LogP contribution in [0.25, 0.3) is 0 Å². The van der Waals surface area contributed by atoms with Gasteiger partial charge >= 0.3 is 0 Å². The minimum atomic E-state index is -1.38. The quantitative estimate of drug-likeness (QED) is 0.662. The van der Waals surface area contributed by atoms with Gasteiger partial charge in [-0.25, -0.2) is 0 Å². The number of aromatic nitrogens is 1. The largest absolute Gasteiger partial charge is 0.369 e. The molecule has 0 radical (unpaired) electrons. The first-order valence-corrected chi connectivity index (χ1v) is 9.97. The number of pyridine rings is 1. The van der Waals surface area contributed by atoms with E-state index in [0.29, 0.717) is 12.1 Å². The van der Waals surface area contributed by atoms with E-state index in [0.717, 1.165) is 12.1 Å². The normalized spacial score (nSPS) is 14.3. The van der Waals surface area contributed by atoms with Gasteiger partial charge < -0.3 is 10.0 Å². The number of hydrogen-bond donors (Lipinski definition) is 2. The van der Waals surface area contributed by atoms with E-state index in [2.05, 4.69) is 61.9 Å². The summed E-state index contributed by atoms with van der Waals surface area (Å²) in [6, 6.07) is 23.7. The van der Waals surface area contributed by atoms with Crippen molar-refractivity contribution in [1.82, 2.24) is 4.98 Å². The Morgan fingerprint density at radius 3 is 2.07 bits per heavy atom. The molecule has 2 N–H and O–H groups in total. The third-order valence-electron chi connectivity index (χ3n) is 5.16. The fourth-order valence-corrected chi connectivity index (χ4v) is 3.28. The molecule has 0 aliphatic rings. The third-order valence-corrected chi connectivity index (χ3v) is 5.16. The van der Waals surface area contributed by atoms with Crippen LogP contribution in [0, 0.1) is 11.8 Å². The first-order chi connectivity index (χ1) is 13.9. The van der Waals surface area contributed by atoms with Gasteiger partial charge in [0.15, 0.2) is 5.60 Å². The second kappa shape index (κ2) is 9.05. The summed E-state index contributed by atoms with van der Waals surface area (Å²) in [6.07, 6.45) is 3.38. The van der Waals surface area contributed by atoms with Crippen LogP contribution in [0.5, 0.6) is 0 Å². The average molecular weight is 386 g/mol. The Kier molecular flexibility index (Phi) is 6.49. The highest BCUT2D eigenvalue weighted by Gasteiger charge is 2.30. The molecule has 0 fully saturated rings. The van der Waals surface area contributed by atoms with Gasteiger partial charge in [-0.3, -0.25) is 4.98 Å². The first-order valence-electron chi connectivity index (χ1n) is 9.97. The van der Waals surface area contributed by atoms with Gasteiger partial charge in [0.2, 0.25) is 0 Å². The van der Waals surface area contributed by atoms with Crippen LogP contribution in [0.15, 0.2) is 85.2 Å². The molecule has 3 rings (SSSR count). The summed E-state index contributed by atoms with van der Waals surface area (Å²) in [7, 11) is 0. The van der Waals surface area contributed by atoms with E-state index in [9.17, 15) is 5.11 Å². The van der Waals surface area contributed by atoms with Crippen molar-refractivity contribution >= 4 is 0 Å². The van der Waals surface area contributed by atoms with Gasteiger partial charge in [-0.15, -0.1) is 0 Å². The van der Waals surface area contributed by atoms with Gasteiger partial charge in [0.05, 0.1) is 5.54 Å². The molecule has 1 heterocycles. The maximum Gasteiger partial charge on any atom is 0.178 e. The van der Waals surface area contributed by atoms with Crippen LogP contribution in [0.1, 0.15) is 37.5 Å². The summed E-state index contributed by atoms with van der Waals surface area (Å²) < 4.78 is 0. The average Bonchev–Trinajstić information content (AvgIpc) is 2.74. The predicted molar refractivity (Wildman–Crippen MR) is 117 cm³/mol. The fourth-order valence-electron chi connectivity index (χ4n) is 3.28. The molecule has 29 heavy (non-hydrogen) atoms. The van der Waals surface area contributed by atoms with Crippen molar-refractivity contribution in [2.24, 2.45) is 0 Å². The van der Waals surface area contributed by atoms with E-state index in [1.54, 1.807) is 12.4 Å². The molecule has 0 aliphatic carbocycles. The molecule has 1 aromatic heterocycles. The minimum absolute atomic E-state index is 0.0314. The van der Waals surface area contributed by atoms with E-state index in [4.69, 9.17) is 0 Å². The Hall–Kier alpha value is -2.93. The van der Waals surface area contributed by atoms with E-state index >= 15 is 0 Å². The standard InChI is InChI=1S/C26H28N2O/c1-25(2,3)28(21-22-12-6-4-7-13-22)19-11-17-26(29,23-14-8-5-9-15-23)24-16-10-18-27-20-24/h4-10,12-16,18,20,29H,19,21H2,1-3H3/p+1/t26-/m0/s1. The number of rotatable bonds is 5. The topological polar surface area (TPSA) is 37.6 Å². The lowest BCUT2D eigenvalue weighted by atomic mass is 9.88. The molecule has 148 valence electrons. The van der Waals surface area contributed by atoms with Crippen molar-refractivity contribution in [3.05, 3.63) is 102 Å². The van der Waals surface area contributed by atoms with Gasteiger partial charge in [-0.1, -0.05) is 72.7 Å². The Labute approximate surface area is 174 Å². The second-order valence-electron chi connectivity index (χ2n) is 8.31. The summed E-state index contributed by atoms with van der Waals surface area (Å²) in [5.41, 5.74) is 1.36. The van der Waals surface area contributed by atoms with Crippen molar-refractivity contribution in [2.75, 3.05) is 6.54 Å². The molecule has 3 aromatic rings. The molecule has 0 saturated carbocycles. The summed E-state index contributed by atoms with van der Waals surface area (Å²) >= 11 is 0. The summed E-state index contributed by atoms with van der Waals surface area (Å²) in [5.74, 6) is 6.45. The molecular formula is C26H29N2O+. The van der Waals surface area contributed by atoms with Gasteiger partial charge in [-0.05, 0) is 32.8 Å². The maximum atomic E-state index is 11.5. The molecule has 0 amide bonds. The van der Waals surface area contributed by atoms with E-state index in [1.165, 1.54) is 10.5 Å². The van der Waals surface area contributed by atoms with Gasteiger partial charge in [0.1, 0.15) is 13.1 Å². The molecule has 0 saturated heterocycles. The molecule has 0 bridgehead atoms. The number of nitrogens with zero attached hydrogens (tertiary/aromatic N) is 1. The SMILES string of the molecule is CC(C)(C)[NH+](CC#C[C@](O)(c1ccccc1)c1cccnc1)Cc1ccccc1. The second-order valence-corrected chi connectivity index (χ2v) is 8.31. The monoisotopic (exact) mass is 385 g/mol. The van der Waals surface area contributed by atoms with E-state index in [1.807, 2.05) is 48.5 Å². The molecule has 2 atom stereocenters. The lowest BCUT2D eigenvalue weighted by Gasteiger charge is -2.31. The van der Waals surface area contributed by atoms with Crippen LogP contribution in [0.2, 0.25) is 0 Å². The van der Waals surface area contributed by atoms with Crippen molar-refractivity contribution in [2.45, 2.75) is 38.5 Å². The molecule has 2 aromatic carbocycles. The molecule has 0 spiro atoms. The summed E-state index contributed by atoms with van der Waals surface area (Å²) in [4.78, 5) is 5.53. The number of quaternary nitrogens is 1. The van der Waals surface area contributed by atoms with E-state index in [-0.39, 0.29) is 5.54 Å². The van der Waals surface area contributed by atoms with Crippen LogP contribution < -0.4 is 4.90 Å². The maximum absolute atomic E-state index is 11.5. The summed E-state index contributed by atoms with van der Waals surface area (Å²) in [6.45, 7) is 8.18.